The molecule has 4 N–H and O–H groups in total. The number of carbonyl (C=O) groups is 2. The zero-order valence-corrected chi connectivity index (χ0v) is 18.8. The molecule has 2 aromatic rings. The van der Waals surface area contributed by atoms with Crippen LogP contribution in [0.5, 0.6) is 5.75 Å². The predicted octanol–water partition coefficient (Wildman–Crippen LogP) is 2.67. The van der Waals surface area contributed by atoms with Crippen molar-refractivity contribution in [2.24, 2.45) is 5.73 Å². The normalized spacial score (nSPS) is 15.4. The summed E-state index contributed by atoms with van der Waals surface area (Å²) in [5, 5.41) is 7.12. The van der Waals surface area contributed by atoms with Gasteiger partial charge < -0.3 is 21.1 Å². The Morgan fingerprint density at radius 2 is 2.00 bits per heavy atom. The molecule has 1 aromatic heterocycles. The Morgan fingerprint density at radius 3 is 2.61 bits per heavy atom. The number of sulfonamides is 1. The average Bonchev–Trinajstić information content (AvgIpc) is 3.43. The van der Waals surface area contributed by atoms with Crippen molar-refractivity contribution >= 4 is 39.0 Å². The van der Waals surface area contributed by atoms with Crippen molar-refractivity contribution in [1.29, 1.82) is 0 Å². The Hall–Kier alpha value is -2.63. The summed E-state index contributed by atoms with van der Waals surface area (Å²) in [6, 6.07) is 6.86. The molecule has 1 atom stereocenters. The number of hydrogen-bond donors (Lipinski definition) is 3. The number of nitrogens with two attached hydrogens (primary N) is 1. The molecule has 0 aliphatic carbocycles. The maximum Gasteiger partial charge on any atom is 0.312 e. The van der Waals surface area contributed by atoms with Gasteiger partial charge in [0, 0.05) is 23.7 Å². The van der Waals surface area contributed by atoms with Crippen LogP contribution in [-0.4, -0.2) is 44.4 Å². The van der Waals surface area contributed by atoms with Gasteiger partial charge in [-0.25, -0.2) is 13.2 Å². The van der Waals surface area contributed by atoms with Crippen molar-refractivity contribution < 1.29 is 22.7 Å². The summed E-state index contributed by atoms with van der Waals surface area (Å²) >= 11 is 1.40. The molecule has 1 fully saturated rings. The lowest BCUT2D eigenvalue weighted by atomic mass is 10.1. The van der Waals surface area contributed by atoms with Gasteiger partial charge in [0.1, 0.15) is 10.6 Å². The van der Waals surface area contributed by atoms with E-state index < -0.39 is 22.1 Å². The zero-order valence-electron chi connectivity index (χ0n) is 17.2. The third kappa shape index (κ3) is 5.75. The Balaban J connectivity index is 1.80. The molecule has 1 saturated heterocycles. The fraction of sp³-hybridized carbons (Fsp3) is 0.400. The molecule has 1 aliphatic rings. The van der Waals surface area contributed by atoms with Crippen molar-refractivity contribution in [2.45, 2.75) is 37.1 Å². The van der Waals surface area contributed by atoms with Crippen LogP contribution in [0.4, 0.5) is 10.5 Å². The molecule has 0 saturated carbocycles. The number of anilines is 1. The molecule has 0 bridgehead atoms. The Labute approximate surface area is 185 Å². The van der Waals surface area contributed by atoms with Crippen LogP contribution in [0, 0.1) is 0 Å². The van der Waals surface area contributed by atoms with Crippen LogP contribution in [0.3, 0.4) is 0 Å². The monoisotopic (exact) mass is 466 g/mol. The van der Waals surface area contributed by atoms with E-state index in [-0.39, 0.29) is 23.0 Å². The molecular weight excluding hydrogens is 440 g/mol. The molecule has 11 heteroatoms. The average molecular weight is 467 g/mol. The van der Waals surface area contributed by atoms with Crippen molar-refractivity contribution in [3.05, 3.63) is 40.6 Å². The summed E-state index contributed by atoms with van der Waals surface area (Å²) < 4.78 is 33.1. The molecule has 0 spiro atoms. The topological polar surface area (TPSA) is 131 Å². The molecule has 2 heterocycles. The van der Waals surface area contributed by atoms with Crippen molar-refractivity contribution in [3.63, 3.8) is 0 Å². The lowest BCUT2D eigenvalue weighted by Crippen LogP contribution is -2.34. The number of carbonyl (C=O) groups excluding carboxylic acids is 2. The number of urea groups is 1. The first-order valence-corrected chi connectivity index (χ1v) is 12.3. The molecule has 1 unspecified atom stereocenters. The molecule has 0 radical (unpaired) electrons. The SMILES string of the molecule is CCOc1ccc(NC(=O)CC(NC(N)=O)c2cccs2)cc1S(=O)(=O)N1CCCC1. The second-order valence-corrected chi connectivity index (χ2v) is 9.92. The van der Waals surface area contributed by atoms with Gasteiger partial charge in [-0.05, 0) is 49.4 Å². The summed E-state index contributed by atoms with van der Waals surface area (Å²) in [5.74, 6) is -0.139. The number of benzene rings is 1. The minimum absolute atomic E-state index is 0.0270. The molecule has 9 nitrogen and oxygen atoms in total. The van der Waals surface area contributed by atoms with E-state index >= 15 is 0 Å². The van der Waals surface area contributed by atoms with Gasteiger partial charge in [-0.3, -0.25) is 4.79 Å². The van der Waals surface area contributed by atoms with E-state index in [1.807, 2.05) is 11.4 Å². The first kappa shape index (κ1) is 23.0. The second kappa shape index (κ2) is 10.1. The molecular formula is C20H26N4O5S2. The van der Waals surface area contributed by atoms with Gasteiger partial charge in [-0.1, -0.05) is 6.07 Å². The van der Waals surface area contributed by atoms with Crippen molar-refractivity contribution in [3.8, 4) is 5.75 Å². The van der Waals surface area contributed by atoms with Crippen molar-refractivity contribution in [2.75, 3.05) is 25.0 Å². The van der Waals surface area contributed by atoms with Gasteiger partial charge in [-0.2, -0.15) is 4.31 Å². The largest absolute Gasteiger partial charge is 0.492 e. The Kier molecular flexibility index (Phi) is 7.52. The first-order chi connectivity index (χ1) is 14.8. The number of ether oxygens (including phenoxy) is 1. The van der Waals surface area contributed by atoms with E-state index in [2.05, 4.69) is 10.6 Å². The van der Waals surface area contributed by atoms with E-state index in [4.69, 9.17) is 10.5 Å². The summed E-state index contributed by atoms with van der Waals surface area (Å²) in [5.41, 5.74) is 5.57. The molecule has 1 aliphatic heterocycles. The highest BCUT2D eigenvalue weighted by molar-refractivity contribution is 7.89. The van der Waals surface area contributed by atoms with Crippen LogP contribution >= 0.6 is 11.3 Å². The number of rotatable bonds is 9. The van der Waals surface area contributed by atoms with Gasteiger partial charge in [0.15, 0.2) is 0 Å². The van der Waals surface area contributed by atoms with Crippen LogP contribution in [0.1, 0.15) is 37.1 Å². The van der Waals surface area contributed by atoms with Crippen LogP contribution in [-0.2, 0) is 14.8 Å². The number of primary amides is 1. The smallest absolute Gasteiger partial charge is 0.312 e. The molecule has 168 valence electrons. The summed E-state index contributed by atoms with van der Waals surface area (Å²) in [6.45, 7) is 3.02. The molecule has 3 rings (SSSR count). The van der Waals surface area contributed by atoms with E-state index in [0.29, 0.717) is 25.4 Å². The molecule has 3 amide bonds. The highest BCUT2D eigenvalue weighted by Gasteiger charge is 2.30. The van der Waals surface area contributed by atoms with Crippen LogP contribution in [0.15, 0.2) is 40.6 Å². The summed E-state index contributed by atoms with van der Waals surface area (Å²) in [4.78, 5) is 24.8. The van der Waals surface area contributed by atoms with Crippen molar-refractivity contribution in [1.82, 2.24) is 9.62 Å². The van der Waals surface area contributed by atoms with Gasteiger partial charge in [0.05, 0.1) is 19.1 Å². The van der Waals surface area contributed by atoms with Gasteiger partial charge in [0.2, 0.25) is 15.9 Å². The zero-order chi connectivity index (χ0) is 22.4. The highest BCUT2D eigenvalue weighted by Crippen LogP contribution is 2.32. The van der Waals surface area contributed by atoms with E-state index in [9.17, 15) is 18.0 Å². The number of thiophene rings is 1. The minimum atomic E-state index is -3.74. The van der Waals surface area contributed by atoms with Gasteiger partial charge in [-0.15, -0.1) is 11.3 Å². The maximum absolute atomic E-state index is 13.1. The summed E-state index contributed by atoms with van der Waals surface area (Å²) in [7, 11) is -3.74. The fourth-order valence-electron chi connectivity index (χ4n) is 3.41. The standard InChI is InChI=1S/C20H26N4O5S2/c1-2-29-16-8-7-14(12-18(16)31(27,28)24-9-3-4-10-24)22-19(25)13-15(23-20(21)26)17-6-5-11-30-17/h5-8,11-12,15H,2-4,9-10,13H2,1H3,(H,22,25)(H3,21,23,26). The molecule has 1 aromatic carbocycles. The fourth-order valence-corrected chi connectivity index (χ4v) is 5.86. The number of hydrogen-bond acceptors (Lipinski definition) is 6. The van der Waals surface area contributed by atoms with Crippen LogP contribution in [0.25, 0.3) is 0 Å². The van der Waals surface area contributed by atoms with Crippen LogP contribution < -0.4 is 21.1 Å². The Bertz CT molecular complexity index is 1020. The lowest BCUT2D eigenvalue weighted by molar-refractivity contribution is -0.116. The van der Waals surface area contributed by atoms with E-state index in [1.165, 1.54) is 21.7 Å². The molecule has 31 heavy (non-hydrogen) atoms. The predicted molar refractivity (Wildman–Crippen MR) is 119 cm³/mol. The minimum Gasteiger partial charge on any atom is -0.492 e. The van der Waals surface area contributed by atoms with E-state index in [0.717, 1.165) is 17.7 Å². The number of amides is 3. The second-order valence-electron chi connectivity index (χ2n) is 7.03. The quantitative estimate of drug-likeness (QED) is 0.523. The van der Waals surface area contributed by atoms with E-state index in [1.54, 1.807) is 25.1 Å². The maximum atomic E-state index is 13.1. The Morgan fingerprint density at radius 1 is 1.26 bits per heavy atom. The third-order valence-corrected chi connectivity index (χ3v) is 7.71. The number of nitrogens with zero attached hydrogens (tertiary/aromatic N) is 1. The first-order valence-electron chi connectivity index (χ1n) is 9.97. The third-order valence-electron chi connectivity index (χ3n) is 4.80. The highest BCUT2D eigenvalue weighted by atomic mass is 32.2. The number of nitrogens with one attached hydrogen (secondary N) is 2. The lowest BCUT2D eigenvalue weighted by Gasteiger charge is -2.19. The van der Waals surface area contributed by atoms with Crippen LogP contribution in [0.2, 0.25) is 0 Å². The van der Waals surface area contributed by atoms with Gasteiger partial charge in [0.25, 0.3) is 0 Å². The summed E-state index contributed by atoms with van der Waals surface area (Å²) in [6.07, 6.45) is 1.58. The van der Waals surface area contributed by atoms with Gasteiger partial charge >= 0.3 is 6.03 Å².